The number of nitrogens with one attached hydrogen (secondary N) is 1. The van der Waals surface area contributed by atoms with E-state index in [9.17, 15) is 4.39 Å². The van der Waals surface area contributed by atoms with Crippen LogP contribution in [0.3, 0.4) is 0 Å². The number of nitrogens with zero attached hydrogens (tertiary/aromatic N) is 1. The first kappa shape index (κ1) is 15.6. The zero-order chi connectivity index (χ0) is 13.5. The summed E-state index contributed by atoms with van der Waals surface area (Å²) < 4.78 is 14.6. The first-order valence-electron chi connectivity index (χ1n) is 6.49. The van der Waals surface area contributed by atoms with Crippen LogP contribution < -0.4 is 5.32 Å². The second-order valence-corrected chi connectivity index (χ2v) is 5.28. The van der Waals surface area contributed by atoms with E-state index in [-0.39, 0.29) is 11.9 Å². The summed E-state index contributed by atoms with van der Waals surface area (Å²) in [5.41, 5.74) is 0.712. The van der Waals surface area contributed by atoms with Gasteiger partial charge in [0.2, 0.25) is 0 Å². The minimum absolute atomic E-state index is 0.0260. The zero-order valence-electron chi connectivity index (χ0n) is 11.3. The number of rotatable bonds is 7. The molecule has 0 saturated heterocycles. The van der Waals surface area contributed by atoms with E-state index in [1.165, 1.54) is 6.07 Å². The van der Waals surface area contributed by atoms with Gasteiger partial charge in [-0.2, -0.15) is 0 Å². The van der Waals surface area contributed by atoms with Gasteiger partial charge in [0.25, 0.3) is 0 Å². The number of halogens is 2. The Labute approximate surface area is 118 Å². The highest BCUT2D eigenvalue weighted by Gasteiger charge is 2.11. The minimum Gasteiger partial charge on any atom is -0.309 e. The maximum atomic E-state index is 13.7. The molecular weight excluding hydrogens is 295 g/mol. The van der Waals surface area contributed by atoms with E-state index in [2.05, 4.69) is 40.0 Å². The van der Waals surface area contributed by atoms with Crippen LogP contribution in [-0.2, 0) is 0 Å². The highest BCUT2D eigenvalue weighted by atomic mass is 79.9. The molecule has 1 aromatic carbocycles. The van der Waals surface area contributed by atoms with Gasteiger partial charge in [0, 0.05) is 29.2 Å². The molecule has 0 saturated carbocycles. The summed E-state index contributed by atoms with van der Waals surface area (Å²) in [6.45, 7) is 10.3. The third-order valence-corrected chi connectivity index (χ3v) is 3.69. The van der Waals surface area contributed by atoms with Gasteiger partial charge in [0.05, 0.1) is 0 Å². The standard InChI is InChI=1S/C14H22BrFN2/c1-4-18(5-2)9-8-17-11(3)13-10-12(15)6-7-14(13)16/h6-7,10-11,17H,4-5,8-9H2,1-3H3. The van der Waals surface area contributed by atoms with Gasteiger partial charge in [-0.1, -0.05) is 29.8 Å². The van der Waals surface area contributed by atoms with Crippen molar-refractivity contribution in [1.29, 1.82) is 0 Å². The van der Waals surface area contributed by atoms with Crippen LogP contribution in [0.4, 0.5) is 4.39 Å². The molecular formula is C14H22BrFN2. The van der Waals surface area contributed by atoms with Crippen LogP contribution >= 0.6 is 15.9 Å². The van der Waals surface area contributed by atoms with Crippen molar-refractivity contribution >= 4 is 15.9 Å². The lowest BCUT2D eigenvalue weighted by molar-refractivity contribution is 0.297. The summed E-state index contributed by atoms with van der Waals surface area (Å²) in [7, 11) is 0. The summed E-state index contributed by atoms with van der Waals surface area (Å²) in [6.07, 6.45) is 0. The zero-order valence-corrected chi connectivity index (χ0v) is 12.9. The van der Waals surface area contributed by atoms with E-state index in [0.29, 0.717) is 5.56 Å². The first-order chi connectivity index (χ1) is 8.58. The van der Waals surface area contributed by atoms with Crippen molar-refractivity contribution in [3.05, 3.63) is 34.1 Å². The SMILES string of the molecule is CCN(CC)CCNC(C)c1cc(Br)ccc1F. The molecule has 1 unspecified atom stereocenters. The second-order valence-electron chi connectivity index (χ2n) is 4.37. The molecule has 18 heavy (non-hydrogen) atoms. The maximum absolute atomic E-state index is 13.7. The highest BCUT2D eigenvalue weighted by Crippen LogP contribution is 2.21. The molecule has 0 spiro atoms. The van der Waals surface area contributed by atoms with Crippen LogP contribution in [-0.4, -0.2) is 31.1 Å². The van der Waals surface area contributed by atoms with E-state index < -0.39 is 0 Å². The molecule has 0 aromatic heterocycles. The summed E-state index contributed by atoms with van der Waals surface area (Å²) in [4.78, 5) is 2.34. The number of hydrogen-bond acceptors (Lipinski definition) is 2. The number of likely N-dealkylation sites (N-methyl/N-ethyl adjacent to an activating group) is 1. The van der Waals surface area contributed by atoms with Gasteiger partial charge < -0.3 is 10.2 Å². The van der Waals surface area contributed by atoms with Crippen LogP contribution in [0, 0.1) is 5.82 Å². The van der Waals surface area contributed by atoms with E-state index in [1.54, 1.807) is 6.07 Å². The molecule has 0 heterocycles. The second kappa shape index (κ2) is 7.87. The van der Waals surface area contributed by atoms with E-state index in [4.69, 9.17) is 0 Å². The Kier molecular flexibility index (Phi) is 6.82. The lowest BCUT2D eigenvalue weighted by Crippen LogP contribution is -2.33. The van der Waals surface area contributed by atoms with Crippen LogP contribution in [0.2, 0.25) is 0 Å². The fraction of sp³-hybridized carbons (Fsp3) is 0.571. The van der Waals surface area contributed by atoms with Crippen molar-refractivity contribution in [2.24, 2.45) is 0 Å². The minimum atomic E-state index is -0.152. The number of benzene rings is 1. The third-order valence-electron chi connectivity index (χ3n) is 3.20. The third kappa shape index (κ3) is 4.67. The molecule has 1 aromatic rings. The Bertz CT molecular complexity index is 367. The normalized spacial score (nSPS) is 13.0. The van der Waals surface area contributed by atoms with Crippen molar-refractivity contribution in [1.82, 2.24) is 10.2 Å². The van der Waals surface area contributed by atoms with E-state index >= 15 is 0 Å². The number of hydrogen-bond donors (Lipinski definition) is 1. The van der Waals surface area contributed by atoms with Crippen LogP contribution in [0.25, 0.3) is 0 Å². The molecule has 0 amide bonds. The van der Waals surface area contributed by atoms with Gasteiger partial charge >= 0.3 is 0 Å². The Morgan fingerprint density at radius 3 is 2.61 bits per heavy atom. The molecule has 4 heteroatoms. The summed E-state index contributed by atoms with van der Waals surface area (Å²) in [6, 6.07) is 5.09. The molecule has 0 aliphatic carbocycles. The molecule has 0 radical (unpaired) electrons. The van der Waals surface area contributed by atoms with E-state index in [0.717, 1.165) is 30.7 Å². The maximum Gasteiger partial charge on any atom is 0.128 e. The predicted molar refractivity (Wildman–Crippen MR) is 78.3 cm³/mol. The van der Waals surface area contributed by atoms with Crippen molar-refractivity contribution in [3.63, 3.8) is 0 Å². The Morgan fingerprint density at radius 1 is 1.33 bits per heavy atom. The molecule has 2 nitrogen and oxygen atoms in total. The molecule has 1 atom stereocenters. The van der Waals surface area contributed by atoms with Crippen molar-refractivity contribution < 1.29 is 4.39 Å². The van der Waals surface area contributed by atoms with Crippen molar-refractivity contribution in [2.45, 2.75) is 26.8 Å². The van der Waals surface area contributed by atoms with Gasteiger partial charge in [-0.3, -0.25) is 0 Å². The Balaban J connectivity index is 2.50. The van der Waals surface area contributed by atoms with Crippen LogP contribution in [0.15, 0.2) is 22.7 Å². The topological polar surface area (TPSA) is 15.3 Å². The van der Waals surface area contributed by atoms with Crippen LogP contribution in [0.1, 0.15) is 32.4 Å². The Morgan fingerprint density at radius 2 is 2.00 bits per heavy atom. The van der Waals surface area contributed by atoms with Gasteiger partial charge in [0.15, 0.2) is 0 Å². The molecule has 102 valence electrons. The van der Waals surface area contributed by atoms with Gasteiger partial charge in [0.1, 0.15) is 5.82 Å². The molecule has 0 aliphatic heterocycles. The average molecular weight is 317 g/mol. The van der Waals surface area contributed by atoms with Crippen LogP contribution in [0.5, 0.6) is 0 Å². The smallest absolute Gasteiger partial charge is 0.128 e. The first-order valence-corrected chi connectivity index (χ1v) is 7.28. The monoisotopic (exact) mass is 316 g/mol. The molecule has 0 fully saturated rings. The molecule has 1 rings (SSSR count). The highest BCUT2D eigenvalue weighted by molar-refractivity contribution is 9.10. The predicted octanol–water partition coefficient (Wildman–Crippen LogP) is 3.58. The molecule has 1 N–H and O–H groups in total. The average Bonchev–Trinajstić information content (AvgIpc) is 2.37. The Hall–Kier alpha value is -0.450. The molecule has 0 aliphatic rings. The van der Waals surface area contributed by atoms with Crippen molar-refractivity contribution in [2.75, 3.05) is 26.2 Å². The van der Waals surface area contributed by atoms with Crippen molar-refractivity contribution in [3.8, 4) is 0 Å². The van der Waals surface area contributed by atoms with E-state index in [1.807, 2.05) is 13.0 Å². The fourth-order valence-corrected chi connectivity index (χ4v) is 2.31. The summed E-state index contributed by atoms with van der Waals surface area (Å²) in [5, 5.41) is 3.36. The summed E-state index contributed by atoms with van der Waals surface area (Å²) in [5.74, 6) is -0.152. The fourth-order valence-electron chi connectivity index (χ4n) is 1.94. The van der Waals surface area contributed by atoms with Gasteiger partial charge in [-0.25, -0.2) is 4.39 Å². The lowest BCUT2D eigenvalue weighted by atomic mass is 10.1. The van der Waals surface area contributed by atoms with Gasteiger partial charge in [-0.05, 0) is 38.2 Å². The summed E-state index contributed by atoms with van der Waals surface area (Å²) >= 11 is 3.38. The lowest BCUT2D eigenvalue weighted by Gasteiger charge is -2.21. The quantitative estimate of drug-likeness (QED) is 0.827. The van der Waals surface area contributed by atoms with Gasteiger partial charge in [-0.15, -0.1) is 0 Å². The molecule has 0 bridgehead atoms. The largest absolute Gasteiger partial charge is 0.309 e.